The molecule has 0 saturated carbocycles. The van der Waals surface area contributed by atoms with Crippen molar-refractivity contribution in [2.45, 2.75) is 26.4 Å². The maximum absolute atomic E-state index is 13.1. The van der Waals surface area contributed by atoms with Gasteiger partial charge >= 0.3 is 5.97 Å². The molecule has 1 aromatic rings. The van der Waals surface area contributed by atoms with Gasteiger partial charge in [-0.2, -0.15) is 0 Å². The summed E-state index contributed by atoms with van der Waals surface area (Å²) in [7, 11) is 0. The predicted molar refractivity (Wildman–Crippen MR) is 64.6 cm³/mol. The maximum Gasteiger partial charge on any atom is 0.317 e. The van der Waals surface area contributed by atoms with Gasteiger partial charge in [-0.3, -0.25) is 9.69 Å². The SMILES string of the molecule is CC(C)N(CC(=O)O)Cc1cc(F)cc(Cl)c1. The predicted octanol–water partition coefficient (Wildman–Crippen LogP) is 2.77. The molecule has 5 heteroatoms. The first-order chi connectivity index (χ1) is 7.88. The summed E-state index contributed by atoms with van der Waals surface area (Å²) in [6.45, 7) is 4.07. The van der Waals surface area contributed by atoms with E-state index in [1.807, 2.05) is 13.8 Å². The van der Waals surface area contributed by atoms with Gasteiger partial charge in [0.05, 0.1) is 6.54 Å². The standard InChI is InChI=1S/C12H15ClFNO2/c1-8(2)15(7-12(16)17)6-9-3-10(13)5-11(14)4-9/h3-5,8H,6-7H2,1-2H3,(H,16,17). The Hall–Kier alpha value is -1.13. The Kier molecular flexibility index (Phi) is 4.90. The molecule has 1 N–H and O–H groups in total. The molecule has 0 amide bonds. The number of carbonyl (C=O) groups is 1. The first-order valence-electron chi connectivity index (χ1n) is 5.29. The third kappa shape index (κ3) is 4.71. The third-order valence-electron chi connectivity index (χ3n) is 2.38. The Morgan fingerprint density at radius 3 is 2.59 bits per heavy atom. The Bertz CT molecular complexity index is 389. The average Bonchev–Trinajstić information content (AvgIpc) is 2.13. The highest BCUT2D eigenvalue weighted by Gasteiger charge is 2.14. The number of hydrogen-bond acceptors (Lipinski definition) is 2. The van der Waals surface area contributed by atoms with Crippen LogP contribution in [0.25, 0.3) is 0 Å². The van der Waals surface area contributed by atoms with Gasteiger partial charge < -0.3 is 5.11 Å². The summed E-state index contributed by atoms with van der Waals surface area (Å²) in [4.78, 5) is 12.4. The van der Waals surface area contributed by atoms with Crippen LogP contribution < -0.4 is 0 Å². The summed E-state index contributed by atoms with van der Waals surface area (Å²) in [5.41, 5.74) is 0.671. The number of halogens is 2. The van der Waals surface area contributed by atoms with Crippen molar-refractivity contribution in [3.05, 3.63) is 34.6 Å². The number of carboxylic acids is 1. The molecule has 0 unspecified atom stereocenters. The van der Waals surface area contributed by atoms with Crippen LogP contribution in [-0.4, -0.2) is 28.6 Å². The second kappa shape index (κ2) is 5.98. The largest absolute Gasteiger partial charge is 0.480 e. The highest BCUT2D eigenvalue weighted by atomic mass is 35.5. The second-order valence-electron chi connectivity index (χ2n) is 4.17. The normalized spacial score (nSPS) is 11.2. The van der Waals surface area contributed by atoms with Crippen molar-refractivity contribution >= 4 is 17.6 Å². The Morgan fingerprint density at radius 1 is 1.47 bits per heavy atom. The molecular weight excluding hydrogens is 245 g/mol. The van der Waals surface area contributed by atoms with Crippen molar-refractivity contribution in [3.63, 3.8) is 0 Å². The lowest BCUT2D eigenvalue weighted by atomic mass is 10.2. The minimum absolute atomic E-state index is 0.0631. The third-order valence-corrected chi connectivity index (χ3v) is 2.59. The van der Waals surface area contributed by atoms with E-state index in [0.29, 0.717) is 17.1 Å². The molecule has 17 heavy (non-hydrogen) atoms. The fraction of sp³-hybridized carbons (Fsp3) is 0.417. The summed E-state index contributed by atoms with van der Waals surface area (Å²) in [6.07, 6.45) is 0. The van der Waals surface area contributed by atoms with Gasteiger partial charge in [-0.05, 0) is 37.6 Å². The Morgan fingerprint density at radius 2 is 2.12 bits per heavy atom. The van der Waals surface area contributed by atoms with E-state index in [1.54, 1.807) is 11.0 Å². The Balaban J connectivity index is 2.81. The van der Waals surface area contributed by atoms with Gasteiger partial charge in [0.2, 0.25) is 0 Å². The Labute approximate surface area is 105 Å². The average molecular weight is 260 g/mol. The molecule has 0 fully saturated rings. The van der Waals surface area contributed by atoms with E-state index >= 15 is 0 Å². The molecule has 0 heterocycles. The van der Waals surface area contributed by atoms with Crippen LogP contribution in [0, 0.1) is 5.82 Å². The van der Waals surface area contributed by atoms with Crippen LogP contribution in [0.1, 0.15) is 19.4 Å². The monoisotopic (exact) mass is 259 g/mol. The lowest BCUT2D eigenvalue weighted by Gasteiger charge is -2.24. The van der Waals surface area contributed by atoms with Crippen LogP contribution in [-0.2, 0) is 11.3 Å². The summed E-state index contributed by atoms with van der Waals surface area (Å²) in [6, 6.07) is 4.29. The molecule has 3 nitrogen and oxygen atoms in total. The van der Waals surface area contributed by atoms with E-state index in [4.69, 9.17) is 16.7 Å². The van der Waals surface area contributed by atoms with Gasteiger partial charge in [0.1, 0.15) is 5.82 Å². The van der Waals surface area contributed by atoms with Crippen molar-refractivity contribution in [3.8, 4) is 0 Å². The molecule has 0 radical (unpaired) electrons. The molecule has 1 aromatic carbocycles. The van der Waals surface area contributed by atoms with Crippen LogP contribution in [0.2, 0.25) is 5.02 Å². The van der Waals surface area contributed by atoms with E-state index in [0.717, 1.165) is 0 Å². The highest BCUT2D eigenvalue weighted by Crippen LogP contribution is 2.16. The van der Waals surface area contributed by atoms with E-state index < -0.39 is 11.8 Å². The number of nitrogens with zero attached hydrogens (tertiary/aromatic N) is 1. The van der Waals surface area contributed by atoms with Crippen LogP contribution in [0.5, 0.6) is 0 Å². The highest BCUT2D eigenvalue weighted by molar-refractivity contribution is 6.30. The molecule has 0 saturated heterocycles. The minimum atomic E-state index is -0.902. The molecule has 1 rings (SSSR count). The summed E-state index contributed by atoms with van der Waals surface area (Å²) in [5.74, 6) is -1.31. The lowest BCUT2D eigenvalue weighted by molar-refractivity contribution is -0.138. The van der Waals surface area contributed by atoms with E-state index in [9.17, 15) is 9.18 Å². The minimum Gasteiger partial charge on any atom is -0.480 e. The van der Waals surface area contributed by atoms with Crippen LogP contribution in [0.15, 0.2) is 18.2 Å². The number of hydrogen-bond donors (Lipinski definition) is 1. The van der Waals surface area contributed by atoms with E-state index in [-0.39, 0.29) is 12.6 Å². The second-order valence-corrected chi connectivity index (χ2v) is 4.61. The zero-order chi connectivity index (χ0) is 13.0. The quantitative estimate of drug-likeness (QED) is 0.884. The van der Waals surface area contributed by atoms with Gasteiger partial charge in [0.15, 0.2) is 0 Å². The van der Waals surface area contributed by atoms with Crippen LogP contribution in [0.3, 0.4) is 0 Å². The number of rotatable bonds is 5. The van der Waals surface area contributed by atoms with Crippen LogP contribution >= 0.6 is 11.6 Å². The van der Waals surface area contributed by atoms with Gasteiger partial charge in [-0.25, -0.2) is 4.39 Å². The number of aliphatic carboxylic acids is 1. The molecule has 0 bridgehead atoms. The van der Waals surface area contributed by atoms with E-state index in [2.05, 4.69) is 0 Å². The zero-order valence-electron chi connectivity index (χ0n) is 9.78. The van der Waals surface area contributed by atoms with Gasteiger partial charge in [0.25, 0.3) is 0 Å². The summed E-state index contributed by atoms with van der Waals surface area (Å²) >= 11 is 5.74. The lowest BCUT2D eigenvalue weighted by Crippen LogP contribution is -2.35. The topological polar surface area (TPSA) is 40.5 Å². The first-order valence-corrected chi connectivity index (χ1v) is 5.67. The first kappa shape index (κ1) is 13.9. The molecule has 0 aromatic heterocycles. The van der Waals surface area contributed by atoms with E-state index in [1.165, 1.54) is 12.1 Å². The molecule has 0 aliphatic carbocycles. The molecule has 0 spiro atoms. The molecular formula is C12H15ClFNO2. The maximum atomic E-state index is 13.1. The van der Waals surface area contributed by atoms with Crippen molar-refractivity contribution in [1.82, 2.24) is 4.90 Å². The molecule has 0 atom stereocenters. The fourth-order valence-corrected chi connectivity index (χ4v) is 1.78. The number of carboxylic acid groups (broad SMARTS) is 1. The zero-order valence-corrected chi connectivity index (χ0v) is 10.5. The van der Waals surface area contributed by atoms with Crippen molar-refractivity contribution in [2.75, 3.05) is 6.54 Å². The van der Waals surface area contributed by atoms with Gasteiger partial charge in [0, 0.05) is 17.6 Å². The van der Waals surface area contributed by atoms with Crippen molar-refractivity contribution < 1.29 is 14.3 Å². The summed E-state index contributed by atoms with van der Waals surface area (Å²) in [5, 5.41) is 9.10. The van der Waals surface area contributed by atoms with Gasteiger partial charge in [-0.15, -0.1) is 0 Å². The van der Waals surface area contributed by atoms with Crippen molar-refractivity contribution in [2.24, 2.45) is 0 Å². The smallest absolute Gasteiger partial charge is 0.317 e. The molecule has 0 aliphatic heterocycles. The molecule has 94 valence electrons. The fourth-order valence-electron chi connectivity index (χ4n) is 1.53. The molecule has 0 aliphatic rings. The summed E-state index contributed by atoms with van der Waals surface area (Å²) < 4.78 is 13.1. The van der Waals surface area contributed by atoms with Crippen LogP contribution in [0.4, 0.5) is 4.39 Å². The van der Waals surface area contributed by atoms with Crippen molar-refractivity contribution in [1.29, 1.82) is 0 Å². The number of benzene rings is 1. The van der Waals surface area contributed by atoms with Gasteiger partial charge in [-0.1, -0.05) is 11.6 Å².